The summed E-state index contributed by atoms with van der Waals surface area (Å²) in [5, 5.41) is 2.82. The molecule has 0 aliphatic rings. The summed E-state index contributed by atoms with van der Waals surface area (Å²) in [6, 6.07) is 10.7. The highest BCUT2D eigenvalue weighted by molar-refractivity contribution is 9.10. The Hall–Kier alpha value is -1.53. The molecule has 1 N–H and O–H groups in total. The first-order valence-electron chi connectivity index (χ1n) is 6.03. The molecule has 0 radical (unpaired) electrons. The van der Waals surface area contributed by atoms with Gasteiger partial charge in [-0.1, -0.05) is 15.9 Å². The average Bonchev–Trinajstić information content (AvgIpc) is 2.48. The summed E-state index contributed by atoms with van der Waals surface area (Å²) in [7, 11) is 3.07. The first-order chi connectivity index (χ1) is 10.0. The van der Waals surface area contributed by atoms with E-state index in [0.717, 1.165) is 4.47 Å². The van der Waals surface area contributed by atoms with Crippen LogP contribution in [-0.4, -0.2) is 20.1 Å². The minimum Gasteiger partial charge on any atom is -0.493 e. The molecule has 6 heteroatoms. The van der Waals surface area contributed by atoms with E-state index in [1.165, 1.54) is 7.11 Å². The van der Waals surface area contributed by atoms with Crippen molar-refractivity contribution < 1.29 is 14.3 Å². The summed E-state index contributed by atoms with van der Waals surface area (Å²) in [6.07, 6.45) is 0. The molecule has 2 aromatic carbocycles. The lowest BCUT2D eigenvalue weighted by atomic mass is 10.2. The van der Waals surface area contributed by atoms with Gasteiger partial charge >= 0.3 is 0 Å². The summed E-state index contributed by atoms with van der Waals surface area (Å²) in [5.74, 6) is 0.824. The largest absolute Gasteiger partial charge is 0.493 e. The third kappa shape index (κ3) is 3.77. The molecule has 0 aliphatic carbocycles. The Bertz CT molecular complexity index is 657. The van der Waals surface area contributed by atoms with Gasteiger partial charge in [-0.3, -0.25) is 4.79 Å². The van der Waals surface area contributed by atoms with Gasteiger partial charge in [-0.2, -0.15) is 0 Å². The predicted octanol–water partition coefficient (Wildman–Crippen LogP) is 4.48. The zero-order chi connectivity index (χ0) is 15.4. The van der Waals surface area contributed by atoms with Gasteiger partial charge in [0.15, 0.2) is 11.5 Å². The van der Waals surface area contributed by atoms with Gasteiger partial charge in [0.05, 0.1) is 18.7 Å². The molecule has 0 unspecified atom stereocenters. The fourth-order valence-electron chi connectivity index (χ4n) is 1.79. The highest BCUT2D eigenvalue weighted by Crippen LogP contribution is 2.36. The molecule has 0 spiro atoms. The number of carbonyl (C=O) groups is 1. The molecule has 2 aromatic rings. The Morgan fingerprint density at radius 2 is 1.71 bits per heavy atom. The Morgan fingerprint density at radius 1 is 1.05 bits per heavy atom. The molecule has 0 atom stereocenters. The van der Waals surface area contributed by atoms with Crippen LogP contribution < -0.4 is 14.8 Å². The van der Waals surface area contributed by atoms with Crippen LogP contribution in [0.4, 0.5) is 5.69 Å². The smallest absolute Gasteiger partial charge is 0.255 e. The quantitative estimate of drug-likeness (QED) is 0.802. The molecular formula is C15H13Br2NO3. The van der Waals surface area contributed by atoms with Crippen molar-refractivity contribution in [2.45, 2.75) is 0 Å². The van der Waals surface area contributed by atoms with Crippen molar-refractivity contribution in [2.24, 2.45) is 0 Å². The van der Waals surface area contributed by atoms with Gasteiger partial charge in [-0.15, -0.1) is 0 Å². The Balaban J connectivity index is 2.27. The van der Waals surface area contributed by atoms with Crippen molar-refractivity contribution in [1.29, 1.82) is 0 Å². The van der Waals surface area contributed by atoms with Gasteiger partial charge < -0.3 is 14.8 Å². The average molecular weight is 415 g/mol. The minimum absolute atomic E-state index is 0.223. The normalized spacial score (nSPS) is 10.1. The summed E-state index contributed by atoms with van der Waals surface area (Å²) >= 11 is 6.72. The summed E-state index contributed by atoms with van der Waals surface area (Å²) < 4.78 is 12.1. The number of carbonyl (C=O) groups excluding carboxylic acids is 1. The number of rotatable bonds is 4. The number of hydrogen-bond donors (Lipinski definition) is 1. The fourth-order valence-corrected chi connectivity index (χ4v) is 2.65. The highest BCUT2D eigenvalue weighted by atomic mass is 79.9. The second-order valence-corrected chi connectivity index (χ2v) is 5.92. The van der Waals surface area contributed by atoms with E-state index in [1.54, 1.807) is 19.2 Å². The fraction of sp³-hybridized carbons (Fsp3) is 0.133. The number of nitrogens with one attached hydrogen (secondary N) is 1. The van der Waals surface area contributed by atoms with Crippen molar-refractivity contribution in [2.75, 3.05) is 19.5 Å². The SMILES string of the molecule is COc1cc(C(=O)Nc2ccc(Br)cc2)cc(Br)c1OC. The third-order valence-electron chi connectivity index (χ3n) is 2.80. The van der Waals surface area contributed by atoms with E-state index in [0.29, 0.717) is 27.2 Å². The molecule has 0 heterocycles. The number of amides is 1. The van der Waals surface area contributed by atoms with E-state index >= 15 is 0 Å². The number of benzene rings is 2. The second kappa shape index (κ2) is 6.95. The van der Waals surface area contributed by atoms with E-state index < -0.39 is 0 Å². The number of hydrogen-bond acceptors (Lipinski definition) is 3. The maximum atomic E-state index is 12.3. The standard InChI is InChI=1S/C15H13Br2NO3/c1-20-13-8-9(7-12(17)14(13)21-2)15(19)18-11-5-3-10(16)4-6-11/h3-8H,1-2H3,(H,18,19). The first kappa shape index (κ1) is 15.9. The molecular weight excluding hydrogens is 402 g/mol. The molecule has 1 amide bonds. The van der Waals surface area contributed by atoms with Gasteiger partial charge in [0, 0.05) is 15.7 Å². The molecule has 0 fully saturated rings. The highest BCUT2D eigenvalue weighted by Gasteiger charge is 2.15. The number of anilines is 1. The molecule has 0 aromatic heterocycles. The second-order valence-electron chi connectivity index (χ2n) is 4.15. The van der Waals surface area contributed by atoms with Crippen LogP contribution in [0.1, 0.15) is 10.4 Å². The van der Waals surface area contributed by atoms with Crippen LogP contribution >= 0.6 is 31.9 Å². The van der Waals surface area contributed by atoms with Crippen LogP contribution in [0.25, 0.3) is 0 Å². The molecule has 0 saturated carbocycles. The minimum atomic E-state index is -0.223. The third-order valence-corrected chi connectivity index (χ3v) is 3.92. The summed E-state index contributed by atoms with van der Waals surface area (Å²) in [5.41, 5.74) is 1.19. The Labute approximate surface area is 139 Å². The van der Waals surface area contributed by atoms with E-state index in [2.05, 4.69) is 37.2 Å². The van der Waals surface area contributed by atoms with Gasteiger partial charge in [0.2, 0.25) is 0 Å². The lowest BCUT2D eigenvalue weighted by Crippen LogP contribution is -2.12. The lowest BCUT2D eigenvalue weighted by molar-refractivity contribution is 0.102. The van der Waals surface area contributed by atoms with Gasteiger partial charge in [-0.25, -0.2) is 0 Å². The molecule has 21 heavy (non-hydrogen) atoms. The van der Waals surface area contributed by atoms with E-state index in [4.69, 9.17) is 9.47 Å². The molecule has 2 rings (SSSR count). The van der Waals surface area contributed by atoms with Crippen molar-refractivity contribution in [3.05, 3.63) is 50.9 Å². The van der Waals surface area contributed by atoms with Crippen LogP contribution in [0.15, 0.2) is 45.3 Å². The maximum Gasteiger partial charge on any atom is 0.255 e. The molecule has 0 saturated heterocycles. The first-order valence-corrected chi connectivity index (χ1v) is 7.62. The number of methoxy groups -OCH3 is 2. The monoisotopic (exact) mass is 413 g/mol. The molecule has 110 valence electrons. The van der Waals surface area contributed by atoms with Gasteiger partial charge in [0.1, 0.15) is 0 Å². The lowest BCUT2D eigenvalue weighted by Gasteiger charge is -2.12. The molecule has 4 nitrogen and oxygen atoms in total. The zero-order valence-electron chi connectivity index (χ0n) is 11.4. The topological polar surface area (TPSA) is 47.6 Å². The van der Waals surface area contributed by atoms with Crippen molar-refractivity contribution in [3.63, 3.8) is 0 Å². The van der Waals surface area contributed by atoms with E-state index in [-0.39, 0.29) is 5.91 Å². The van der Waals surface area contributed by atoms with Crippen LogP contribution in [0.3, 0.4) is 0 Å². The Kier molecular flexibility index (Phi) is 5.25. The van der Waals surface area contributed by atoms with Crippen molar-refractivity contribution >= 4 is 43.5 Å². The molecule has 0 bridgehead atoms. The maximum absolute atomic E-state index is 12.3. The van der Waals surface area contributed by atoms with Crippen LogP contribution in [0.5, 0.6) is 11.5 Å². The van der Waals surface area contributed by atoms with E-state index in [9.17, 15) is 4.79 Å². The van der Waals surface area contributed by atoms with E-state index in [1.807, 2.05) is 24.3 Å². The molecule has 0 aliphatic heterocycles. The van der Waals surface area contributed by atoms with Crippen LogP contribution in [0.2, 0.25) is 0 Å². The number of halogens is 2. The van der Waals surface area contributed by atoms with Gasteiger partial charge in [-0.05, 0) is 52.3 Å². The van der Waals surface area contributed by atoms with Crippen molar-refractivity contribution in [3.8, 4) is 11.5 Å². The summed E-state index contributed by atoms with van der Waals surface area (Å²) in [6.45, 7) is 0. The van der Waals surface area contributed by atoms with Gasteiger partial charge in [0.25, 0.3) is 5.91 Å². The van der Waals surface area contributed by atoms with Crippen molar-refractivity contribution in [1.82, 2.24) is 0 Å². The van der Waals surface area contributed by atoms with Crippen LogP contribution in [0, 0.1) is 0 Å². The zero-order valence-corrected chi connectivity index (χ0v) is 14.6. The predicted molar refractivity (Wildman–Crippen MR) is 89.3 cm³/mol. The Morgan fingerprint density at radius 3 is 2.29 bits per heavy atom. The summed E-state index contributed by atoms with van der Waals surface area (Å²) in [4.78, 5) is 12.3. The number of ether oxygens (including phenoxy) is 2. The van der Waals surface area contributed by atoms with Crippen LogP contribution in [-0.2, 0) is 0 Å².